The van der Waals surface area contributed by atoms with Crippen LogP contribution in [0.25, 0.3) is 11.0 Å². The third kappa shape index (κ3) is 3.63. The molecule has 1 aromatic carbocycles. The Balaban J connectivity index is 1.53. The lowest BCUT2D eigenvalue weighted by Gasteiger charge is -2.46. The number of likely N-dealkylation sites (tertiary alicyclic amines) is 1. The highest BCUT2D eigenvalue weighted by atomic mass is 16.5. The first-order valence-corrected chi connectivity index (χ1v) is 10.2. The average Bonchev–Trinajstić information content (AvgIpc) is 3.38. The van der Waals surface area contributed by atoms with Gasteiger partial charge in [-0.15, -0.1) is 0 Å². The first-order chi connectivity index (χ1) is 13.2. The molecule has 0 N–H and O–H groups in total. The number of amides is 1. The molecule has 1 aliphatic heterocycles. The molecule has 0 radical (unpaired) electrons. The van der Waals surface area contributed by atoms with Gasteiger partial charge in [0.25, 0.3) is 0 Å². The van der Waals surface area contributed by atoms with Crippen molar-refractivity contribution in [3.8, 4) is 0 Å². The first-order valence-electron chi connectivity index (χ1n) is 10.2. The zero-order valence-corrected chi connectivity index (χ0v) is 16.4. The van der Waals surface area contributed by atoms with E-state index in [2.05, 4.69) is 4.90 Å². The fourth-order valence-corrected chi connectivity index (χ4v) is 5.00. The van der Waals surface area contributed by atoms with Crippen molar-refractivity contribution in [2.45, 2.75) is 56.7 Å². The summed E-state index contributed by atoms with van der Waals surface area (Å²) in [6.45, 7) is 2.24. The van der Waals surface area contributed by atoms with Crippen LogP contribution in [0.1, 0.15) is 37.7 Å². The fraction of sp³-hybridized carbons (Fsp3) is 0.591. The van der Waals surface area contributed by atoms with Gasteiger partial charge in [0.05, 0.1) is 24.8 Å². The minimum absolute atomic E-state index is 0.176. The fourth-order valence-electron chi connectivity index (χ4n) is 5.00. The number of likely N-dealkylation sites (N-methyl/N-ethyl adjacent to an activating group) is 1. The molecular weight excluding hydrogens is 340 g/mol. The van der Waals surface area contributed by atoms with Crippen LogP contribution in [0.2, 0.25) is 0 Å². The largest absolute Gasteiger partial charge is 0.464 e. The summed E-state index contributed by atoms with van der Waals surface area (Å²) in [5.74, 6) is 0.176. The number of hydrogen-bond acceptors (Lipinski definition) is 4. The van der Waals surface area contributed by atoms with Crippen LogP contribution in [0.5, 0.6) is 0 Å². The molecule has 1 aromatic heterocycles. The summed E-state index contributed by atoms with van der Waals surface area (Å²) in [6.07, 6.45) is 8.07. The lowest BCUT2D eigenvalue weighted by atomic mass is 9.85. The van der Waals surface area contributed by atoms with Crippen LogP contribution < -0.4 is 0 Å². The Hall–Kier alpha value is -1.85. The second-order valence-corrected chi connectivity index (χ2v) is 7.94. The van der Waals surface area contributed by atoms with Gasteiger partial charge < -0.3 is 14.1 Å². The lowest BCUT2D eigenvalue weighted by Crippen LogP contribution is -2.59. The topological polar surface area (TPSA) is 45.9 Å². The second kappa shape index (κ2) is 8.03. The standard InChI is InChI=1S/C22H30N2O3/c1-23(21(25)15-16-7-5-9-19-17(16)11-14-27-19)18-8-6-10-20(26-2)22(18)24-12-3-4-13-24/h5,7,9,11,14,18,20,22H,3-4,6,8,10,12-13,15H2,1-2H3/t18-,20-,22+/m1/s1. The van der Waals surface area contributed by atoms with Crippen molar-refractivity contribution in [1.82, 2.24) is 9.80 Å². The molecular formula is C22H30N2O3. The zero-order valence-electron chi connectivity index (χ0n) is 16.4. The summed E-state index contributed by atoms with van der Waals surface area (Å²) in [4.78, 5) is 17.7. The van der Waals surface area contributed by atoms with E-state index in [1.165, 1.54) is 12.8 Å². The van der Waals surface area contributed by atoms with Crippen LogP contribution in [-0.4, -0.2) is 61.1 Å². The maximum Gasteiger partial charge on any atom is 0.227 e. The highest BCUT2D eigenvalue weighted by molar-refractivity contribution is 5.87. The van der Waals surface area contributed by atoms with E-state index in [4.69, 9.17) is 9.15 Å². The molecule has 2 aromatic rings. The van der Waals surface area contributed by atoms with Crippen molar-refractivity contribution >= 4 is 16.9 Å². The number of benzene rings is 1. The minimum Gasteiger partial charge on any atom is -0.464 e. The van der Waals surface area contributed by atoms with E-state index in [1.54, 1.807) is 6.26 Å². The van der Waals surface area contributed by atoms with E-state index in [0.29, 0.717) is 12.5 Å². The molecule has 0 unspecified atom stereocenters. The third-order valence-corrected chi connectivity index (χ3v) is 6.45. The monoisotopic (exact) mass is 370 g/mol. The first kappa shape index (κ1) is 18.5. The Kier molecular flexibility index (Phi) is 5.50. The van der Waals surface area contributed by atoms with Crippen molar-refractivity contribution in [3.05, 3.63) is 36.1 Å². The highest BCUT2D eigenvalue weighted by Crippen LogP contribution is 2.31. The lowest BCUT2D eigenvalue weighted by molar-refractivity contribution is -0.136. The summed E-state index contributed by atoms with van der Waals surface area (Å²) in [7, 11) is 3.79. The molecule has 1 saturated heterocycles. The molecule has 3 atom stereocenters. The Bertz CT molecular complexity index is 779. The van der Waals surface area contributed by atoms with Crippen LogP contribution in [0, 0.1) is 0 Å². The summed E-state index contributed by atoms with van der Waals surface area (Å²) in [5, 5.41) is 1.04. The van der Waals surface area contributed by atoms with E-state index in [1.807, 2.05) is 43.3 Å². The molecule has 1 saturated carbocycles. The van der Waals surface area contributed by atoms with Gasteiger partial charge in [-0.2, -0.15) is 0 Å². The second-order valence-electron chi connectivity index (χ2n) is 7.94. The number of carbonyl (C=O) groups is 1. The number of furan rings is 1. The van der Waals surface area contributed by atoms with Crippen LogP contribution in [0.15, 0.2) is 34.9 Å². The van der Waals surface area contributed by atoms with Gasteiger partial charge in [-0.1, -0.05) is 12.1 Å². The molecule has 2 aliphatic rings. The summed E-state index contributed by atoms with van der Waals surface area (Å²) in [5.41, 5.74) is 1.88. The number of rotatable bonds is 5. The van der Waals surface area contributed by atoms with Crippen molar-refractivity contribution in [1.29, 1.82) is 0 Å². The molecule has 146 valence electrons. The maximum absolute atomic E-state index is 13.2. The Morgan fingerprint density at radius 2 is 2.04 bits per heavy atom. The summed E-state index contributed by atoms with van der Waals surface area (Å²) < 4.78 is 11.3. The van der Waals surface area contributed by atoms with Gasteiger partial charge in [0.1, 0.15) is 5.58 Å². The van der Waals surface area contributed by atoms with Gasteiger partial charge in [-0.3, -0.25) is 9.69 Å². The van der Waals surface area contributed by atoms with Crippen LogP contribution in [0.4, 0.5) is 0 Å². The smallest absolute Gasteiger partial charge is 0.227 e. The maximum atomic E-state index is 13.2. The van der Waals surface area contributed by atoms with Gasteiger partial charge in [-0.05, 0) is 62.9 Å². The van der Waals surface area contributed by atoms with Crippen LogP contribution >= 0.6 is 0 Å². The molecule has 5 heteroatoms. The summed E-state index contributed by atoms with van der Waals surface area (Å²) >= 11 is 0. The van der Waals surface area contributed by atoms with E-state index < -0.39 is 0 Å². The normalized spacial score (nSPS) is 26.5. The van der Waals surface area contributed by atoms with Crippen molar-refractivity contribution in [2.75, 3.05) is 27.2 Å². The van der Waals surface area contributed by atoms with Crippen LogP contribution in [-0.2, 0) is 16.0 Å². The number of methoxy groups -OCH3 is 1. The van der Waals surface area contributed by atoms with E-state index in [-0.39, 0.29) is 18.1 Å². The van der Waals surface area contributed by atoms with Gasteiger partial charge >= 0.3 is 0 Å². The van der Waals surface area contributed by atoms with Crippen molar-refractivity contribution in [3.63, 3.8) is 0 Å². The molecule has 0 bridgehead atoms. The van der Waals surface area contributed by atoms with Gasteiger partial charge in [0, 0.05) is 25.6 Å². The molecule has 27 heavy (non-hydrogen) atoms. The van der Waals surface area contributed by atoms with E-state index in [0.717, 1.165) is 48.9 Å². The molecule has 1 amide bonds. The van der Waals surface area contributed by atoms with Crippen LogP contribution in [0.3, 0.4) is 0 Å². The molecule has 2 fully saturated rings. The molecule has 0 spiro atoms. The quantitative estimate of drug-likeness (QED) is 0.809. The number of nitrogens with zero attached hydrogens (tertiary/aromatic N) is 2. The van der Waals surface area contributed by atoms with Crippen molar-refractivity contribution < 1.29 is 13.9 Å². The average molecular weight is 370 g/mol. The number of hydrogen-bond donors (Lipinski definition) is 0. The SMILES string of the molecule is CO[C@@H]1CCC[C@@H](N(C)C(=O)Cc2cccc3occc23)[C@@H]1N1CCCC1. The third-order valence-electron chi connectivity index (χ3n) is 6.45. The Labute approximate surface area is 161 Å². The molecule has 4 rings (SSSR count). The predicted octanol–water partition coefficient (Wildman–Crippen LogP) is 3.47. The number of fused-ring (bicyclic) bond motifs is 1. The van der Waals surface area contributed by atoms with E-state index >= 15 is 0 Å². The molecule has 2 heterocycles. The van der Waals surface area contributed by atoms with Gasteiger partial charge in [0.15, 0.2) is 0 Å². The minimum atomic E-state index is 0.176. The molecule has 5 nitrogen and oxygen atoms in total. The zero-order chi connectivity index (χ0) is 18.8. The Morgan fingerprint density at radius 1 is 1.22 bits per heavy atom. The number of carbonyl (C=O) groups excluding carboxylic acids is 1. The van der Waals surface area contributed by atoms with Gasteiger partial charge in [-0.25, -0.2) is 0 Å². The van der Waals surface area contributed by atoms with Gasteiger partial charge in [0.2, 0.25) is 5.91 Å². The highest BCUT2D eigenvalue weighted by Gasteiger charge is 2.41. The van der Waals surface area contributed by atoms with E-state index in [9.17, 15) is 4.79 Å². The van der Waals surface area contributed by atoms with Crippen molar-refractivity contribution in [2.24, 2.45) is 0 Å². The number of ether oxygens (including phenoxy) is 1. The predicted molar refractivity (Wildman–Crippen MR) is 106 cm³/mol. The Morgan fingerprint density at radius 3 is 2.81 bits per heavy atom. The summed E-state index contributed by atoms with van der Waals surface area (Å²) in [6, 6.07) is 8.42. The molecule has 1 aliphatic carbocycles.